The molecule has 3 aromatic heterocycles. The van der Waals surface area contributed by atoms with Gasteiger partial charge in [0, 0.05) is 29.9 Å². The molecule has 0 radical (unpaired) electrons. The van der Waals surface area contributed by atoms with Crippen LogP contribution in [0.3, 0.4) is 0 Å². The molecule has 0 spiro atoms. The molecule has 1 saturated heterocycles. The summed E-state index contributed by atoms with van der Waals surface area (Å²) in [7, 11) is 0. The first-order valence-corrected chi connectivity index (χ1v) is 8.96. The van der Waals surface area contributed by atoms with E-state index in [0.717, 1.165) is 11.1 Å². The van der Waals surface area contributed by atoms with E-state index in [1.54, 1.807) is 17.6 Å². The number of hydrogen-bond acceptors (Lipinski definition) is 6. The molecule has 0 aromatic carbocycles. The second kappa shape index (κ2) is 7.36. The van der Waals surface area contributed by atoms with Gasteiger partial charge < -0.3 is 20.3 Å². The summed E-state index contributed by atoms with van der Waals surface area (Å²) >= 11 is 5.97. The average Bonchev–Trinajstić information content (AvgIpc) is 3.07. The molecule has 0 unspecified atom stereocenters. The van der Waals surface area contributed by atoms with Crippen molar-refractivity contribution in [3.8, 4) is 11.4 Å². The van der Waals surface area contributed by atoms with Crippen LogP contribution < -0.4 is 10.2 Å². The Kier molecular flexibility index (Phi) is 4.98. The maximum Gasteiger partial charge on any atom is 0.405 e. The Morgan fingerprint density at radius 3 is 2.83 bits per heavy atom. The van der Waals surface area contributed by atoms with Gasteiger partial charge in [-0.2, -0.15) is 13.2 Å². The Bertz CT molecular complexity index is 1120. The lowest BCUT2D eigenvalue weighted by Gasteiger charge is -2.44. The lowest BCUT2D eigenvalue weighted by Crippen LogP contribution is -2.67. The average molecular weight is 445 g/mol. The maximum atomic E-state index is 14.4. The molecular formula is C17H13ClF4N6O2. The van der Waals surface area contributed by atoms with E-state index < -0.39 is 36.6 Å². The van der Waals surface area contributed by atoms with Crippen molar-refractivity contribution in [2.75, 3.05) is 18.0 Å². The van der Waals surface area contributed by atoms with E-state index in [-0.39, 0.29) is 18.2 Å². The van der Waals surface area contributed by atoms with Crippen LogP contribution in [0.4, 0.5) is 23.4 Å². The maximum absolute atomic E-state index is 14.4. The third kappa shape index (κ3) is 3.75. The van der Waals surface area contributed by atoms with Crippen LogP contribution in [-0.4, -0.2) is 62.4 Å². The number of aromatic amines is 1. The Balaban J connectivity index is 1.65. The number of aliphatic hydroxyl groups is 1. The van der Waals surface area contributed by atoms with Crippen LogP contribution in [-0.2, 0) is 4.79 Å². The summed E-state index contributed by atoms with van der Waals surface area (Å²) < 4.78 is 51.5. The van der Waals surface area contributed by atoms with Crippen LogP contribution in [0, 0.1) is 5.82 Å². The predicted molar refractivity (Wildman–Crippen MR) is 98.3 cm³/mol. The van der Waals surface area contributed by atoms with Crippen molar-refractivity contribution in [2.24, 2.45) is 0 Å². The van der Waals surface area contributed by atoms with E-state index >= 15 is 0 Å². The SMILES string of the molecule is O=C(NCC(F)(F)F)[C@@H]1[C@@H](O)CN1c1nc(-c2c[nH]c3ncc(Cl)cc23)ncc1F. The summed E-state index contributed by atoms with van der Waals surface area (Å²) in [6.07, 6.45) is -2.03. The summed E-state index contributed by atoms with van der Waals surface area (Å²) in [5.41, 5.74) is 0.952. The van der Waals surface area contributed by atoms with E-state index in [1.165, 1.54) is 6.20 Å². The summed E-state index contributed by atoms with van der Waals surface area (Å²) in [6, 6.07) is 0.201. The number of nitrogens with zero attached hydrogens (tertiary/aromatic N) is 4. The number of pyridine rings is 1. The third-order valence-electron chi connectivity index (χ3n) is 4.55. The molecule has 30 heavy (non-hydrogen) atoms. The smallest absolute Gasteiger partial charge is 0.389 e. The zero-order valence-corrected chi connectivity index (χ0v) is 15.7. The number of halogens is 5. The monoisotopic (exact) mass is 444 g/mol. The minimum atomic E-state index is -4.62. The Labute approximate surface area is 170 Å². The molecule has 1 fully saturated rings. The first kappa shape index (κ1) is 20.3. The van der Waals surface area contributed by atoms with Crippen molar-refractivity contribution in [3.63, 3.8) is 0 Å². The van der Waals surface area contributed by atoms with Gasteiger partial charge >= 0.3 is 6.18 Å². The Hall–Kier alpha value is -2.99. The molecule has 158 valence electrons. The molecule has 3 aromatic rings. The fourth-order valence-electron chi connectivity index (χ4n) is 3.16. The van der Waals surface area contributed by atoms with Crippen LogP contribution >= 0.6 is 11.6 Å². The van der Waals surface area contributed by atoms with Gasteiger partial charge in [-0.05, 0) is 6.07 Å². The molecule has 0 bridgehead atoms. The normalized spacial score (nSPS) is 19.1. The first-order valence-electron chi connectivity index (χ1n) is 8.59. The highest BCUT2D eigenvalue weighted by molar-refractivity contribution is 6.31. The van der Waals surface area contributed by atoms with E-state index in [0.29, 0.717) is 21.6 Å². The fraction of sp³-hybridized carbons (Fsp3) is 0.294. The van der Waals surface area contributed by atoms with Crippen molar-refractivity contribution in [1.29, 1.82) is 0 Å². The van der Waals surface area contributed by atoms with Gasteiger partial charge in [0.2, 0.25) is 5.91 Å². The zero-order chi connectivity index (χ0) is 21.6. The third-order valence-corrected chi connectivity index (χ3v) is 4.76. The van der Waals surface area contributed by atoms with Crippen LogP contribution in [0.25, 0.3) is 22.4 Å². The number of β-amino-alcohol motifs (C(OH)–C–C–N with tert-alkyl or cyclic N) is 1. The lowest BCUT2D eigenvalue weighted by atomic mass is 9.98. The van der Waals surface area contributed by atoms with Gasteiger partial charge in [-0.1, -0.05) is 11.6 Å². The van der Waals surface area contributed by atoms with Gasteiger partial charge in [0.1, 0.15) is 24.3 Å². The van der Waals surface area contributed by atoms with Crippen LogP contribution in [0.15, 0.2) is 24.7 Å². The first-order chi connectivity index (χ1) is 14.1. The molecule has 2 atom stereocenters. The number of rotatable bonds is 4. The fourth-order valence-corrected chi connectivity index (χ4v) is 3.32. The lowest BCUT2D eigenvalue weighted by molar-refractivity contribution is -0.142. The molecule has 1 aliphatic heterocycles. The van der Waals surface area contributed by atoms with E-state index in [2.05, 4.69) is 19.9 Å². The van der Waals surface area contributed by atoms with Gasteiger partial charge in [-0.15, -0.1) is 0 Å². The topological polar surface area (TPSA) is 107 Å². The van der Waals surface area contributed by atoms with Crippen molar-refractivity contribution >= 4 is 34.4 Å². The number of carbonyl (C=O) groups excluding carboxylic acids is 1. The number of carbonyl (C=O) groups is 1. The molecule has 1 amide bonds. The standard InChI is InChI=1S/C17H13ClF4N6O2/c18-7-1-8-9(3-24-13(8)23-2-7)14-25-4-10(19)15(27-14)28-5-11(29)12(28)16(30)26-6-17(20,21)22/h1-4,11-12,29H,5-6H2,(H,23,24)(H,26,30)/t11-,12-/m0/s1. The molecule has 4 rings (SSSR count). The largest absolute Gasteiger partial charge is 0.405 e. The number of nitrogens with one attached hydrogen (secondary N) is 2. The number of aliphatic hydroxyl groups excluding tert-OH is 1. The summed E-state index contributed by atoms with van der Waals surface area (Å²) in [5.74, 6) is -2.22. The quantitative estimate of drug-likeness (QED) is 0.532. The van der Waals surface area contributed by atoms with Gasteiger partial charge in [-0.3, -0.25) is 4.79 Å². The Morgan fingerprint density at radius 2 is 2.13 bits per heavy atom. The number of hydrogen-bond donors (Lipinski definition) is 3. The minimum Gasteiger partial charge on any atom is -0.389 e. The molecule has 0 saturated carbocycles. The van der Waals surface area contributed by atoms with Crippen molar-refractivity contribution < 1.29 is 27.5 Å². The van der Waals surface area contributed by atoms with Crippen LogP contribution in [0.5, 0.6) is 0 Å². The van der Waals surface area contributed by atoms with Gasteiger partial charge in [0.05, 0.1) is 11.2 Å². The van der Waals surface area contributed by atoms with Crippen molar-refractivity contribution in [2.45, 2.75) is 18.3 Å². The van der Waals surface area contributed by atoms with E-state index in [1.807, 2.05) is 0 Å². The highest BCUT2D eigenvalue weighted by Gasteiger charge is 2.45. The number of alkyl halides is 3. The van der Waals surface area contributed by atoms with Crippen molar-refractivity contribution in [3.05, 3.63) is 35.5 Å². The molecule has 4 heterocycles. The molecule has 0 aliphatic carbocycles. The van der Waals surface area contributed by atoms with E-state index in [4.69, 9.17) is 11.6 Å². The van der Waals surface area contributed by atoms with E-state index in [9.17, 15) is 27.5 Å². The highest BCUT2D eigenvalue weighted by Crippen LogP contribution is 2.32. The number of anilines is 1. The summed E-state index contributed by atoms with van der Waals surface area (Å²) in [4.78, 5) is 28.3. The number of fused-ring (bicyclic) bond motifs is 1. The molecule has 1 aliphatic rings. The molecule has 3 N–H and O–H groups in total. The van der Waals surface area contributed by atoms with Crippen LogP contribution in [0.2, 0.25) is 5.02 Å². The second-order valence-corrected chi connectivity index (χ2v) is 7.05. The molecular weight excluding hydrogens is 432 g/mol. The number of aromatic nitrogens is 4. The van der Waals surface area contributed by atoms with Crippen molar-refractivity contribution in [1.82, 2.24) is 25.3 Å². The number of H-pyrrole nitrogens is 1. The Morgan fingerprint density at radius 1 is 1.37 bits per heavy atom. The minimum absolute atomic E-state index is 0.0811. The summed E-state index contributed by atoms with van der Waals surface area (Å²) in [6.45, 7) is -1.75. The van der Waals surface area contributed by atoms with Gasteiger partial charge in [0.25, 0.3) is 0 Å². The van der Waals surface area contributed by atoms with Crippen LogP contribution in [0.1, 0.15) is 0 Å². The van der Waals surface area contributed by atoms with Gasteiger partial charge in [-0.25, -0.2) is 19.3 Å². The molecule has 13 heteroatoms. The zero-order valence-electron chi connectivity index (χ0n) is 14.9. The predicted octanol–water partition coefficient (Wildman–Crippen LogP) is 2.04. The number of amides is 1. The summed E-state index contributed by atoms with van der Waals surface area (Å²) in [5, 5.41) is 12.5. The second-order valence-electron chi connectivity index (χ2n) is 6.61. The highest BCUT2D eigenvalue weighted by atomic mass is 35.5. The van der Waals surface area contributed by atoms with Gasteiger partial charge in [0.15, 0.2) is 17.5 Å². The molecule has 8 nitrogen and oxygen atoms in total.